The number of rotatable bonds is 4. The maximum Gasteiger partial charge on any atom is 0.248 e. The quantitative estimate of drug-likeness (QED) is 0.828. The molecule has 2 heterocycles. The third-order valence-corrected chi connectivity index (χ3v) is 6.03. The fraction of sp³-hybridized carbons (Fsp3) is 0.263. The number of carbonyl (C=O) groups excluding carboxylic acids is 2. The van der Waals surface area contributed by atoms with Gasteiger partial charge in [0.15, 0.2) is 0 Å². The van der Waals surface area contributed by atoms with Gasteiger partial charge in [0, 0.05) is 22.4 Å². The molecule has 3 rings (SSSR count). The number of anilines is 1. The number of thioether (sulfide) groups is 1. The topological polar surface area (TPSA) is 49.4 Å². The molecule has 1 aliphatic rings. The van der Waals surface area contributed by atoms with Gasteiger partial charge >= 0.3 is 0 Å². The molecular formula is C19H20N2O2S2. The second-order valence-electron chi connectivity index (χ2n) is 5.96. The van der Waals surface area contributed by atoms with Gasteiger partial charge < -0.3 is 10.2 Å². The lowest BCUT2D eigenvalue weighted by Gasteiger charge is -2.22. The third-order valence-electron chi connectivity index (χ3n) is 4.18. The third kappa shape index (κ3) is 4.32. The minimum absolute atomic E-state index is 0.126. The normalized spacial score (nSPS) is 17.2. The zero-order valence-electron chi connectivity index (χ0n) is 14.2. The summed E-state index contributed by atoms with van der Waals surface area (Å²) in [7, 11) is 0. The maximum atomic E-state index is 12.6. The van der Waals surface area contributed by atoms with Gasteiger partial charge in [0.2, 0.25) is 11.8 Å². The number of nitrogens with zero attached hydrogens (tertiary/aromatic N) is 1. The average molecular weight is 373 g/mol. The van der Waals surface area contributed by atoms with Crippen LogP contribution in [0.3, 0.4) is 0 Å². The molecule has 0 radical (unpaired) electrons. The van der Waals surface area contributed by atoms with E-state index in [-0.39, 0.29) is 11.8 Å². The summed E-state index contributed by atoms with van der Waals surface area (Å²) in [6.45, 7) is 4.05. The molecule has 1 aromatic carbocycles. The monoisotopic (exact) mass is 372 g/mol. The van der Waals surface area contributed by atoms with E-state index in [0.29, 0.717) is 11.6 Å². The van der Waals surface area contributed by atoms with Gasteiger partial charge in [-0.2, -0.15) is 0 Å². The van der Waals surface area contributed by atoms with Gasteiger partial charge in [-0.15, -0.1) is 23.1 Å². The van der Waals surface area contributed by atoms with Gasteiger partial charge in [0.1, 0.15) is 6.04 Å². The van der Waals surface area contributed by atoms with Crippen LogP contribution in [0.5, 0.6) is 0 Å². The Balaban J connectivity index is 1.66. The van der Waals surface area contributed by atoms with Gasteiger partial charge in [-0.05, 0) is 54.6 Å². The summed E-state index contributed by atoms with van der Waals surface area (Å²) in [5, 5.41) is 4.91. The number of amides is 2. The van der Waals surface area contributed by atoms with Gasteiger partial charge in [-0.1, -0.05) is 12.1 Å². The van der Waals surface area contributed by atoms with Crippen molar-refractivity contribution in [2.75, 3.05) is 16.9 Å². The number of carbonyl (C=O) groups is 2. The van der Waals surface area contributed by atoms with Crippen LogP contribution in [-0.4, -0.2) is 34.4 Å². The van der Waals surface area contributed by atoms with Gasteiger partial charge in [-0.3, -0.25) is 9.59 Å². The summed E-state index contributed by atoms with van der Waals surface area (Å²) in [4.78, 5) is 27.7. The summed E-state index contributed by atoms with van der Waals surface area (Å²) in [5.41, 5.74) is 3.09. The number of thiophene rings is 1. The minimum Gasteiger partial charge on any atom is -0.324 e. The van der Waals surface area contributed by atoms with Crippen molar-refractivity contribution < 1.29 is 9.59 Å². The van der Waals surface area contributed by atoms with Crippen LogP contribution in [-0.2, 0) is 9.59 Å². The fourth-order valence-electron chi connectivity index (χ4n) is 2.56. The lowest BCUT2D eigenvalue weighted by Crippen LogP contribution is -2.43. The van der Waals surface area contributed by atoms with E-state index in [2.05, 4.69) is 5.32 Å². The Morgan fingerprint density at radius 1 is 1.24 bits per heavy atom. The van der Waals surface area contributed by atoms with Crippen molar-refractivity contribution in [2.24, 2.45) is 0 Å². The lowest BCUT2D eigenvalue weighted by molar-refractivity contribution is -0.132. The van der Waals surface area contributed by atoms with Crippen LogP contribution in [0.2, 0.25) is 0 Å². The predicted molar refractivity (Wildman–Crippen MR) is 106 cm³/mol. The molecule has 0 spiro atoms. The molecule has 1 saturated heterocycles. The van der Waals surface area contributed by atoms with Crippen molar-refractivity contribution in [1.82, 2.24) is 4.90 Å². The molecule has 6 heteroatoms. The second kappa shape index (κ2) is 7.89. The van der Waals surface area contributed by atoms with Crippen LogP contribution in [0.15, 0.2) is 41.8 Å². The molecule has 130 valence electrons. The Labute approximate surface area is 155 Å². The van der Waals surface area contributed by atoms with Crippen molar-refractivity contribution in [3.05, 3.63) is 57.8 Å². The van der Waals surface area contributed by atoms with E-state index < -0.39 is 6.04 Å². The van der Waals surface area contributed by atoms with Crippen LogP contribution >= 0.6 is 23.1 Å². The van der Waals surface area contributed by atoms with E-state index in [9.17, 15) is 9.59 Å². The highest BCUT2D eigenvalue weighted by molar-refractivity contribution is 7.99. The molecule has 25 heavy (non-hydrogen) atoms. The van der Waals surface area contributed by atoms with Crippen LogP contribution < -0.4 is 5.32 Å². The van der Waals surface area contributed by atoms with Crippen molar-refractivity contribution in [3.8, 4) is 0 Å². The van der Waals surface area contributed by atoms with Crippen LogP contribution in [0.25, 0.3) is 6.08 Å². The summed E-state index contributed by atoms with van der Waals surface area (Å²) in [6, 6.07) is 9.30. The van der Waals surface area contributed by atoms with E-state index >= 15 is 0 Å². The van der Waals surface area contributed by atoms with Gasteiger partial charge in [0.05, 0.1) is 5.88 Å². The molecule has 1 fully saturated rings. The van der Waals surface area contributed by atoms with E-state index in [1.165, 1.54) is 5.56 Å². The van der Waals surface area contributed by atoms with Gasteiger partial charge in [0.25, 0.3) is 0 Å². The van der Waals surface area contributed by atoms with Crippen molar-refractivity contribution in [1.29, 1.82) is 0 Å². The molecule has 4 nitrogen and oxygen atoms in total. The first-order chi connectivity index (χ1) is 12.0. The minimum atomic E-state index is -0.438. The number of aryl methyl sites for hydroxylation is 2. The van der Waals surface area contributed by atoms with Crippen molar-refractivity contribution >= 4 is 46.7 Å². The number of hydrogen-bond acceptors (Lipinski definition) is 4. The second-order valence-corrected chi connectivity index (χ2v) is 7.94. The average Bonchev–Trinajstić information content (AvgIpc) is 3.27. The van der Waals surface area contributed by atoms with Gasteiger partial charge in [-0.25, -0.2) is 0 Å². The predicted octanol–water partition coefficient (Wildman–Crippen LogP) is 3.92. The number of hydrogen-bond donors (Lipinski definition) is 1. The zero-order chi connectivity index (χ0) is 17.8. The first-order valence-corrected chi connectivity index (χ1v) is 10.1. The molecular weight excluding hydrogens is 352 g/mol. The Bertz CT molecular complexity index is 800. The first kappa shape index (κ1) is 17.8. The van der Waals surface area contributed by atoms with E-state index in [4.69, 9.17) is 0 Å². The van der Waals surface area contributed by atoms with E-state index in [1.807, 2.05) is 49.6 Å². The molecule has 2 aromatic rings. The molecule has 1 unspecified atom stereocenters. The molecule has 0 aliphatic carbocycles. The zero-order valence-corrected chi connectivity index (χ0v) is 15.8. The molecule has 1 atom stereocenters. The molecule has 1 N–H and O–H groups in total. The first-order valence-electron chi connectivity index (χ1n) is 8.02. The SMILES string of the molecule is Cc1ccc(NC(=O)C2CSCN2C(=O)/C=C/c2cccs2)cc1C. The Hall–Kier alpha value is -2.05. The summed E-state index contributed by atoms with van der Waals surface area (Å²) in [6.07, 6.45) is 3.35. The molecule has 1 aromatic heterocycles. The van der Waals surface area contributed by atoms with Crippen LogP contribution in [0.4, 0.5) is 5.69 Å². The standard InChI is InChI=1S/C19H20N2O2S2/c1-13-5-6-15(10-14(13)2)20-19(23)17-11-24-12-21(17)18(22)8-7-16-4-3-9-25-16/h3-10,17H,11-12H2,1-2H3,(H,20,23)/b8-7+. The summed E-state index contributed by atoms with van der Waals surface area (Å²) in [5.74, 6) is 0.901. The van der Waals surface area contributed by atoms with Crippen LogP contribution in [0, 0.1) is 13.8 Å². The highest BCUT2D eigenvalue weighted by Gasteiger charge is 2.33. The van der Waals surface area contributed by atoms with Crippen molar-refractivity contribution in [3.63, 3.8) is 0 Å². The summed E-state index contributed by atoms with van der Waals surface area (Å²) >= 11 is 3.18. The maximum absolute atomic E-state index is 12.6. The number of benzene rings is 1. The Morgan fingerprint density at radius 2 is 2.08 bits per heavy atom. The fourth-order valence-corrected chi connectivity index (χ4v) is 4.34. The van der Waals surface area contributed by atoms with Crippen LogP contribution in [0.1, 0.15) is 16.0 Å². The van der Waals surface area contributed by atoms with Crippen molar-refractivity contribution in [2.45, 2.75) is 19.9 Å². The van der Waals surface area contributed by atoms with E-state index in [1.54, 1.807) is 40.2 Å². The van der Waals surface area contributed by atoms with E-state index in [0.717, 1.165) is 16.1 Å². The molecule has 0 saturated carbocycles. The Kier molecular flexibility index (Phi) is 5.60. The summed E-state index contributed by atoms with van der Waals surface area (Å²) < 4.78 is 0. The molecule has 1 aliphatic heterocycles. The number of nitrogens with one attached hydrogen (secondary N) is 1. The lowest BCUT2D eigenvalue weighted by atomic mass is 10.1. The molecule has 2 amide bonds. The highest BCUT2D eigenvalue weighted by Crippen LogP contribution is 2.23. The smallest absolute Gasteiger partial charge is 0.248 e. The Morgan fingerprint density at radius 3 is 2.80 bits per heavy atom. The largest absolute Gasteiger partial charge is 0.324 e. The highest BCUT2D eigenvalue weighted by atomic mass is 32.2. The molecule has 0 bridgehead atoms.